The van der Waals surface area contributed by atoms with Gasteiger partial charge in [0.2, 0.25) is 21.9 Å². The van der Waals surface area contributed by atoms with Gasteiger partial charge in [-0.2, -0.15) is 14.3 Å². The highest BCUT2D eigenvalue weighted by Gasteiger charge is 2.32. The molecule has 1 fully saturated rings. The summed E-state index contributed by atoms with van der Waals surface area (Å²) in [5.41, 5.74) is 7.67. The van der Waals surface area contributed by atoms with E-state index in [-0.39, 0.29) is 23.9 Å². The first kappa shape index (κ1) is 26.6. The highest BCUT2D eigenvalue weighted by atomic mass is 32.2. The van der Waals surface area contributed by atoms with Crippen molar-refractivity contribution in [1.82, 2.24) is 34.1 Å². The molecule has 37 heavy (non-hydrogen) atoms. The zero-order chi connectivity index (χ0) is 26.9. The van der Waals surface area contributed by atoms with Crippen molar-refractivity contribution < 1.29 is 17.5 Å². The van der Waals surface area contributed by atoms with Crippen LogP contribution in [0.5, 0.6) is 5.88 Å². The van der Waals surface area contributed by atoms with Gasteiger partial charge in [-0.1, -0.05) is 0 Å². The number of hydrogen-bond acceptors (Lipinski definition) is 11. The summed E-state index contributed by atoms with van der Waals surface area (Å²) in [6.07, 6.45) is 4.38. The number of nitrogen functional groups attached to an aromatic ring is 1. The molecule has 0 spiro atoms. The number of ether oxygens (including phenoxy) is 1. The molecule has 4 rings (SSSR count). The average molecular weight is 532 g/mol. The standard InChI is InChI=1S/C23H30FN9O3S/c1-13-12-32(37(5,34)35)6-7-33(13)14(2)16-8-18(21-28-15(3)29-23(25)31-21)20(26-10-16)30-17-9-19(24)22(36-4)27-11-17/h8-11,13-14H,6-7,12H2,1-5H3,(H,26,30)(H2,25,28,29,31)/t13?,14-/m0/s1. The summed E-state index contributed by atoms with van der Waals surface area (Å²) in [5, 5.41) is 3.08. The second-order valence-electron chi connectivity index (χ2n) is 8.95. The van der Waals surface area contributed by atoms with Crippen molar-refractivity contribution in [2.45, 2.75) is 32.9 Å². The van der Waals surface area contributed by atoms with Crippen molar-refractivity contribution >= 4 is 27.5 Å². The second-order valence-corrected chi connectivity index (χ2v) is 10.9. The van der Waals surface area contributed by atoms with Gasteiger partial charge in [0.1, 0.15) is 11.6 Å². The maximum absolute atomic E-state index is 14.3. The number of halogens is 1. The van der Waals surface area contributed by atoms with Crippen LogP contribution < -0.4 is 15.8 Å². The van der Waals surface area contributed by atoms with Crippen LogP contribution in [0.2, 0.25) is 0 Å². The van der Waals surface area contributed by atoms with Gasteiger partial charge in [-0.05, 0) is 32.4 Å². The molecule has 1 unspecified atom stereocenters. The number of aryl methyl sites for hydroxylation is 1. The topological polar surface area (TPSA) is 152 Å². The number of rotatable bonds is 7. The van der Waals surface area contributed by atoms with Gasteiger partial charge < -0.3 is 15.8 Å². The van der Waals surface area contributed by atoms with Crippen LogP contribution in [0.25, 0.3) is 11.4 Å². The number of anilines is 3. The number of hydrogen-bond donors (Lipinski definition) is 2. The fourth-order valence-corrected chi connectivity index (χ4v) is 5.29. The summed E-state index contributed by atoms with van der Waals surface area (Å²) in [6.45, 7) is 7.13. The predicted molar refractivity (Wildman–Crippen MR) is 137 cm³/mol. The van der Waals surface area contributed by atoms with Crippen LogP contribution in [0, 0.1) is 12.7 Å². The van der Waals surface area contributed by atoms with Gasteiger partial charge >= 0.3 is 0 Å². The van der Waals surface area contributed by atoms with E-state index in [0.717, 1.165) is 5.56 Å². The average Bonchev–Trinajstić information content (AvgIpc) is 2.83. The molecule has 0 saturated carbocycles. The monoisotopic (exact) mass is 531 g/mol. The number of nitrogens with zero attached hydrogens (tertiary/aromatic N) is 7. The van der Waals surface area contributed by atoms with Crippen molar-refractivity contribution in [1.29, 1.82) is 0 Å². The first-order valence-electron chi connectivity index (χ1n) is 11.6. The molecule has 1 aliphatic rings. The van der Waals surface area contributed by atoms with E-state index in [1.54, 1.807) is 13.1 Å². The Morgan fingerprint density at radius 3 is 2.57 bits per heavy atom. The molecule has 0 radical (unpaired) electrons. The SMILES string of the molecule is COc1ncc(Nc2ncc([C@H](C)N3CCN(S(C)(=O)=O)CC3C)cc2-c2nc(C)nc(N)n2)cc1F. The molecule has 3 aromatic heterocycles. The maximum atomic E-state index is 14.3. The molecule has 3 aromatic rings. The molecule has 1 saturated heterocycles. The highest BCUT2D eigenvalue weighted by molar-refractivity contribution is 7.88. The van der Waals surface area contributed by atoms with Crippen LogP contribution in [0.3, 0.4) is 0 Å². The first-order valence-corrected chi connectivity index (χ1v) is 13.5. The fraction of sp³-hybridized carbons (Fsp3) is 0.435. The minimum Gasteiger partial charge on any atom is -0.479 e. The Hall–Kier alpha value is -3.49. The van der Waals surface area contributed by atoms with Crippen molar-refractivity contribution in [2.75, 3.05) is 44.1 Å². The van der Waals surface area contributed by atoms with Crippen LogP contribution in [0.15, 0.2) is 24.5 Å². The van der Waals surface area contributed by atoms with E-state index in [0.29, 0.717) is 48.4 Å². The van der Waals surface area contributed by atoms with Crippen molar-refractivity contribution in [3.05, 3.63) is 41.7 Å². The fourth-order valence-electron chi connectivity index (χ4n) is 4.39. The quantitative estimate of drug-likeness (QED) is 0.461. The van der Waals surface area contributed by atoms with E-state index in [1.165, 1.54) is 29.9 Å². The van der Waals surface area contributed by atoms with Crippen LogP contribution in [-0.2, 0) is 10.0 Å². The second kappa shape index (κ2) is 10.5. The Labute approximate surface area is 215 Å². The van der Waals surface area contributed by atoms with E-state index in [4.69, 9.17) is 10.5 Å². The van der Waals surface area contributed by atoms with Crippen molar-refractivity contribution in [2.24, 2.45) is 0 Å². The van der Waals surface area contributed by atoms with Gasteiger partial charge in [0, 0.05) is 44.0 Å². The Kier molecular flexibility index (Phi) is 7.52. The van der Waals surface area contributed by atoms with E-state index in [9.17, 15) is 12.8 Å². The van der Waals surface area contributed by atoms with Gasteiger partial charge in [0.05, 0.1) is 30.8 Å². The molecule has 4 heterocycles. The maximum Gasteiger partial charge on any atom is 0.250 e. The third-order valence-corrected chi connectivity index (χ3v) is 7.54. The third-order valence-electron chi connectivity index (χ3n) is 6.27. The predicted octanol–water partition coefficient (Wildman–Crippen LogP) is 2.14. The summed E-state index contributed by atoms with van der Waals surface area (Å²) < 4.78 is 44.7. The molecule has 0 amide bonds. The molecule has 198 valence electrons. The van der Waals surface area contributed by atoms with E-state index in [2.05, 4.69) is 35.1 Å². The van der Waals surface area contributed by atoms with E-state index in [1.807, 2.05) is 19.9 Å². The van der Waals surface area contributed by atoms with E-state index < -0.39 is 15.8 Å². The van der Waals surface area contributed by atoms with Crippen molar-refractivity contribution in [3.8, 4) is 17.3 Å². The van der Waals surface area contributed by atoms with Gasteiger partial charge in [0.15, 0.2) is 11.6 Å². The number of aromatic nitrogens is 5. The minimum absolute atomic E-state index is 0.0110. The van der Waals surface area contributed by atoms with Gasteiger partial charge in [-0.3, -0.25) is 4.90 Å². The van der Waals surface area contributed by atoms with Crippen molar-refractivity contribution in [3.63, 3.8) is 0 Å². The number of nitrogens with one attached hydrogen (secondary N) is 1. The zero-order valence-electron chi connectivity index (χ0n) is 21.3. The normalized spacial score (nSPS) is 17.9. The lowest BCUT2D eigenvalue weighted by atomic mass is 10.0. The summed E-state index contributed by atoms with van der Waals surface area (Å²) >= 11 is 0. The largest absolute Gasteiger partial charge is 0.479 e. The van der Waals surface area contributed by atoms with E-state index >= 15 is 0 Å². The smallest absolute Gasteiger partial charge is 0.250 e. The summed E-state index contributed by atoms with van der Waals surface area (Å²) in [4.78, 5) is 23.6. The number of methoxy groups -OCH3 is 1. The summed E-state index contributed by atoms with van der Waals surface area (Å²) in [7, 11) is -1.91. The molecule has 0 aromatic carbocycles. The lowest BCUT2D eigenvalue weighted by Gasteiger charge is -2.42. The number of sulfonamides is 1. The first-order chi connectivity index (χ1) is 17.5. The van der Waals surface area contributed by atoms with Gasteiger partial charge in [0.25, 0.3) is 0 Å². The number of piperazine rings is 1. The van der Waals surface area contributed by atoms with Crippen LogP contribution in [0.4, 0.5) is 21.8 Å². The highest BCUT2D eigenvalue weighted by Crippen LogP contribution is 2.33. The molecule has 0 aliphatic carbocycles. The molecule has 0 bridgehead atoms. The number of nitrogens with two attached hydrogens (primary N) is 1. The Balaban J connectivity index is 1.70. The Bertz CT molecular complexity index is 1390. The van der Waals surface area contributed by atoms with Gasteiger partial charge in [-0.15, -0.1) is 0 Å². The zero-order valence-corrected chi connectivity index (χ0v) is 22.1. The van der Waals surface area contributed by atoms with Crippen LogP contribution in [0.1, 0.15) is 31.3 Å². The molecule has 12 nitrogen and oxygen atoms in total. The van der Waals surface area contributed by atoms with Crippen LogP contribution in [-0.4, -0.2) is 81.6 Å². The van der Waals surface area contributed by atoms with Crippen LogP contribution >= 0.6 is 0 Å². The third kappa shape index (κ3) is 5.92. The molecule has 3 N–H and O–H groups in total. The Morgan fingerprint density at radius 2 is 1.95 bits per heavy atom. The minimum atomic E-state index is -3.25. The summed E-state index contributed by atoms with van der Waals surface area (Å²) in [6, 6.07) is 3.06. The molecule has 14 heteroatoms. The molecule has 2 atom stereocenters. The van der Waals surface area contributed by atoms with Gasteiger partial charge in [-0.25, -0.2) is 27.8 Å². The molecule has 1 aliphatic heterocycles. The molecular formula is C23H30FN9O3S. The lowest BCUT2D eigenvalue weighted by Crippen LogP contribution is -2.53. The summed E-state index contributed by atoms with van der Waals surface area (Å²) in [5.74, 6) is 0.452. The number of pyridine rings is 2. The Morgan fingerprint density at radius 1 is 1.19 bits per heavy atom. The molecular weight excluding hydrogens is 501 g/mol. The lowest BCUT2D eigenvalue weighted by molar-refractivity contribution is 0.0906.